The van der Waals surface area contributed by atoms with E-state index >= 15 is 0 Å². The van der Waals surface area contributed by atoms with E-state index in [1.165, 1.54) is 0 Å². The Labute approximate surface area is 70.7 Å². The molecule has 2 N–H and O–H groups in total. The van der Waals surface area contributed by atoms with Crippen molar-refractivity contribution >= 4 is 17.2 Å². The van der Waals surface area contributed by atoms with Crippen LogP contribution in [0.3, 0.4) is 0 Å². The number of phenols is 1. The zero-order valence-electron chi connectivity index (χ0n) is 5.87. The number of thiocarbonyl (C=S) groups is 1. The molecular weight excluding hydrogens is 158 g/mol. The van der Waals surface area contributed by atoms with Crippen LogP contribution in [-0.4, -0.2) is 10.1 Å². The van der Waals surface area contributed by atoms with Crippen LogP contribution in [0, 0.1) is 0 Å². The SMILES string of the molecule is [NH]C(=S)Cc1ccc(O)cc1. The van der Waals surface area contributed by atoms with Crippen LogP contribution in [0.5, 0.6) is 5.75 Å². The van der Waals surface area contributed by atoms with E-state index in [0.29, 0.717) is 6.42 Å². The number of benzene rings is 1. The molecule has 0 bridgehead atoms. The minimum Gasteiger partial charge on any atom is -0.508 e. The summed E-state index contributed by atoms with van der Waals surface area (Å²) >= 11 is 4.61. The quantitative estimate of drug-likeness (QED) is 0.677. The zero-order valence-corrected chi connectivity index (χ0v) is 6.69. The molecule has 0 heterocycles. The molecule has 0 unspecified atom stereocenters. The Kier molecular flexibility index (Phi) is 2.44. The van der Waals surface area contributed by atoms with Gasteiger partial charge in [-0.3, -0.25) is 5.73 Å². The van der Waals surface area contributed by atoms with Gasteiger partial charge in [0.25, 0.3) is 0 Å². The second-order valence-electron chi connectivity index (χ2n) is 2.27. The van der Waals surface area contributed by atoms with Crippen LogP contribution in [-0.2, 0) is 6.42 Å². The lowest BCUT2D eigenvalue weighted by Gasteiger charge is -1.97. The minimum atomic E-state index is 0.218. The van der Waals surface area contributed by atoms with Crippen LogP contribution < -0.4 is 5.73 Å². The number of aromatic hydroxyl groups is 1. The number of hydrogen-bond acceptors (Lipinski definition) is 2. The molecule has 0 amide bonds. The highest BCUT2D eigenvalue weighted by molar-refractivity contribution is 7.80. The normalized spacial score (nSPS) is 9.45. The number of hydrogen-bond donors (Lipinski definition) is 1. The lowest BCUT2D eigenvalue weighted by Crippen LogP contribution is -1.98. The van der Waals surface area contributed by atoms with E-state index in [1.54, 1.807) is 24.3 Å². The van der Waals surface area contributed by atoms with Gasteiger partial charge in [0.2, 0.25) is 0 Å². The summed E-state index contributed by atoms with van der Waals surface area (Å²) in [6, 6.07) is 6.70. The maximum atomic E-state index is 8.91. The molecular formula is C8H8NOS. The molecule has 1 aromatic carbocycles. The first-order valence-electron chi connectivity index (χ1n) is 3.21. The van der Waals surface area contributed by atoms with Crippen molar-refractivity contribution in [2.24, 2.45) is 0 Å². The van der Waals surface area contributed by atoms with Gasteiger partial charge >= 0.3 is 0 Å². The van der Waals surface area contributed by atoms with Crippen LogP contribution >= 0.6 is 12.2 Å². The Balaban J connectivity index is 2.74. The predicted octanol–water partition coefficient (Wildman–Crippen LogP) is 1.54. The van der Waals surface area contributed by atoms with Crippen LogP contribution in [0.2, 0.25) is 0 Å². The fraction of sp³-hybridized carbons (Fsp3) is 0.125. The van der Waals surface area contributed by atoms with E-state index < -0.39 is 0 Å². The van der Waals surface area contributed by atoms with Crippen molar-refractivity contribution in [1.82, 2.24) is 5.73 Å². The van der Waals surface area contributed by atoms with Gasteiger partial charge in [-0.25, -0.2) is 0 Å². The van der Waals surface area contributed by atoms with E-state index in [9.17, 15) is 0 Å². The first kappa shape index (κ1) is 8.01. The molecule has 0 aliphatic heterocycles. The molecule has 3 heteroatoms. The third kappa shape index (κ3) is 2.55. The smallest absolute Gasteiger partial charge is 0.115 e. The minimum absolute atomic E-state index is 0.218. The summed E-state index contributed by atoms with van der Waals surface area (Å²) in [5.41, 5.74) is 8.00. The molecule has 0 saturated carbocycles. The van der Waals surface area contributed by atoms with Crippen molar-refractivity contribution in [2.45, 2.75) is 6.42 Å². The average Bonchev–Trinajstić information content (AvgIpc) is 1.93. The van der Waals surface area contributed by atoms with E-state index in [0.717, 1.165) is 5.56 Å². The second-order valence-corrected chi connectivity index (χ2v) is 2.76. The Morgan fingerprint density at radius 1 is 1.36 bits per heavy atom. The summed E-state index contributed by atoms with van der Waals surface area (Å²) in [5.74, 6) is 0.240. The van der Waals surface area contributed by atoms with Gasteiger partial charge in [-0.05, 0) is 17.7 Å². The molecule has 1 radical (unpaired) electrons. The predicted molar refractivity (Wildman–Crippen MR) is 47.5 cm³/mol. The monoisotopic (exact) mass is 166 g/mol. The van der Waals surface area contributed by atoms with Crippen molar-refractivity contribution in [3.63, 3.8) is 0 Å². The van der Waals surface area contributed by atoms with Crippen LogP contribution in [0.15, 0.2) is 24.3 Å². The van der Waals surface area contributed by atoms with Crippen molar-refractivity contribution in [3.05, 3.63) is 29.8 Å². The summed E-state index contributed by atoms with van der Waals surface area (Å²) in [5, 5.41) is 8.91. The van der Waals surface area contributed by atoms with Crippen LogP contribution in [0.4, 0.5) is 0 Å². The molecule has 57 valence electrons. The Morgan fingerprint density at radius 3 is 2.36 bits per heavy atom. The first-order valence-corrected chi connectivity index (χ1v) is 3.61. The van der Waals surface area contributed by atoms with Crippen molar-refractivity contribution < 1.29 is 5.11 Å². The molecule has 0 spiro atoms. The third-order valence-corrected chi connectivity index (χ3v) is 1.45. The molecule has 0 saturated heterocycles. The molecule has 1 rings (SSSR count). The van der Waals surface area contributed by atoms with Gasteiger partial charge in [0.1, 0.15) is 5.75 Å². The molecule has 2 nitrogen and oxygen atoms in total. The van der Waals surface area contributed by atoms with Gasteiger partial charge in [-0.15, -0.1) is 0 Å². The molecule has 0 aromatic heterocycles. The molecule has 0 atom stereocenters. The van der Waals surface area contributed by atoms with E-state index in [2.05, 4.69) is 12.2 Å². The van der Waals surface area contributed by atoms with Crippen molar-refractivity contribution in [2.75, 3.05) is 0 Å². The topological polar surface area (TPSA) is 44.0 Å². The summed E-state index contributed by atoms with van der Waals surface area (Å²) in [4.78, 5) is 0.218. The Bertz CT molecular complexity index is 255. The molecule has 0 aliphatic rings. The first-order chi connectivity index (χ1) is 5.18. The number of rotatable bonds is 2. The molecule has 0 aliphatic carbocycles. The highest BCUT2D eigenvalue weighted by Crippen LogP contribution is 2.09. The Hall–Kier alpha value is -1.09. The zero-order chi connectivity index (χ0) is 8.27. The molecule has 0 fully saturated rings. The second kappa shape index (κ2) is 3.34. The summed E-state index contributed by atoms with van der Waals surface area (Å²) in [7, 11) is 0. The standard InChI is InChI=1S/C8H8NOS/c9-8(11)5-6-1-3-7(10)4-2-6/h1-4,9-10H,5H2. The lowest BCUT2D eigenvalue weighted by atomic mass is 10.1. The summed E-state index contributed by atoms with van der Waals surface area (Å²) in [6.45, 7) is 0. The van der Waals surface area contributed by atoms with E-state index in [1.807, 2.05) is 0 Å². The largest absolute Gasteiger partial charge is 0.508 e. The van der Waals surface area contributed by atoms with Crippen LogP contribution in [0.25, 0.3) is 0 Å². The average molecular weight is 166 g/mol. The van der Waals surface area contributed by atoms with Crippen LogP contribution in [0.1, 0.15) is 5.56 Å². The lowest BCUT2D eigenvalue weighted by molar-refractivity contribution is 0.475. The van der Waals surface area contributed by atoms with Crippen molar-refractivity contribution in [3.8, 4) is 5.75 Å². The highest BCUT2D eigenvalue weighted by Gasteiger charge is 1.94. The number of phenolic OH excluding ortho intramolecular Hbond substituents is 1. The maximum absolute atomic E-state index is 8.91. The van der Waals surface area contributed by atoms with E-state index in [-0.39, 0.29) is 10.7 Å². The Morgan fingerprint density at radius 2 is 1.91 bits per heavy atom. The highest BCUT2D eigenvalue weighted by atomic mass is 32.1. The van der Waals surface area contributed by atoms with Gasteiger partial charge < -0.3 is 5.11 Å². The van der Waals surface area contributed by atoms with Gasteiger partial charge in [0, 0.05) is 6.42 Å². The third-order valence-electron chi connectivity index (χ3n) is 1.30. The summed E-state index contributed by atoms with van der Waals surface area (Å²) in [6.07, 6.45) is 0.482. The van der Waals surface area contributed by atoms with Gasteiger partial charge in [0.05, 0.1) is 4.99 Å². The number of nitrogens with one attached hydrogen (secondary N) is 1. The summed E-state index contributed by atoms with van der Waals surface area (Å²) < 4.78 is 0. The molecule has 11 heavy (non-hydrogen) atoms. The van der Waals surface area contributed by atoms with Gasteiger partial charge in [0.15, 0.2) is 0 Å². The van der Waals surface area contributed by atoms with Crippen molar-refractivity contribution in [1.29, 1.82) is 0 Å². The van der Waals surface area contributed by atoms with E-state index in [4.69, 9.17) is 10.8 Å². The maximum Gasteiger partial charge on any atom is 0.115 e. The fourth-order valence-corrected chi connectivity index (χ4v) is 0.966. The van der Waals surface area contributed by atoms with Gasteiger partial charge in [-0.2, -0.15) is 0 Å². The fourth-order valence-electron chi connectivity index (χ4n) is 0.799. The van der Waals surface area contributed by atoms with Gasteiger partial charge in [-0.1, -0.05) is 24.4 Å². The molecule has 1 aromatic rings.